The lowest BCUT2D eigenvalue weighted by Gasteiger charge is -2.40. The highest BCUT2D eigenvalue weighted by molar-refractivity contribution is 5.74. The SMILES string of the molecule is CC/C=C\C/C=C\C/C=C\C/C=C\C/C=C\C/C=C\CCC(=O)OCC(COC1OC(C(=O)O)C(O)C(O)C1OC(=O)CCCCCCCCCCC)OC(=O)CCCCCCC/C=C\C/C=C\CCC. The van der Waals surface area contributed by atoms with Crippen molar-refractivity contribution in [3.8, 4) is 0 Å². The van der Waals surface area contributed by atoms with Gasteiger partial charge >= 0.3 is 23.9 Å². The number of carboxylic acids is 1. The first-order chi connectivity index (χ1) is 34.6. The Hall–Kier alpha value is -4.36. The van der Waals surface area contributed by atoms with Gasteiger partial charge in [0.1, 0.15) is 18.8 Å². The third-order valence-electron chi connectivity index (χ3n) is 11.6. The Morgan fingerprint density at radius 2 is 0.944 bits per heavy atom. The van der Waals surface area contributed by atoms with Crippen molar-refractivity contribution in [2.45, 2.75) is 237 Å². The fourth-order valence-electron chi connectivity index (χ4n) is 7.49. The second kappa shape index (κ2) is 46.7. The first-order valence-electron chi connectivity index (χ1n) is 27.2. The van der Waals surface area contributed by atoms with Gasteiger partial charge in [-0.2, -0.15) is 0 Å². The third kappa shape index (κ3) is 37.1. The molecule has 0 radical (unpaired) electrons. The molecule has 3 N–H and O–H groups in total. The van der Waals surface area contributed by atoms with Gasteiger partial charge in [-0.3, -0.25) is 14.4 Å². The second-order valence-corrected chi connectivity index (χ2v) is 18.1. The van der Waals surface area contributed by atoms with E-state index in [1.165, 1.54) is 25.7 Å². The maximum atomic E-state index is 13.1. The molecule has 0 bridgehead atoms. The molecule has 0 aliphatic carbocycles. The molecule has 0 aromatic rings. The number of aliphatic hydroxyl groups is 2. The van der Waals surface area contributed by atoms with E-state index in [-0.39, 0.29) is 25.9 Å². The second-order valence-electron chi connectivity index (χ2n) is 18.1. The monoisotopic (exact) mass is 995 g/mol. The number of hydrogen-bond donors (Lipinski definition) is 3. The van der Waals surface area contributed by atoms with E-state index in [1.807, 2.05) is 12.2 Å². The molecule has 1 aliphatic rings. The normalized spacial score (nSPS) is 19.3. The fourth-order valence-corrected chi connectivity index (χ4v) is 7.49. The molecule has 71 heavy (non-hydrogen) atoms. The first-order valence-corrected chi connectivity index (χ1v) is 27.2. The van der Waals surface area contributed by atoms with E-state index in [0.29, 0.717) is 19.3 Å². The van der Waals surface area contributed by atoms with Crippen LogP contribution >= 0.6 is 0 Å². The van der Waals surface area contributed by atoms with Gasteiger partial charge in [0.15, 0.2) is 24.6 Å². The average molecular weight is 995 g/mol. The molecule has 12 heteroatoms. The molecule has 6 atom stereocenters. The summed E-state index contributed by atoms with van der Waals surface area (Å²) in [5, 5.41) is 31.3. The van der Waals surface area contributed by atoms with Crippen LogP contribution in [0.2, 0.25) is 0 Å². The van der Waals surface area contributed by atoms with Gasteiger partial charge < -0.3 is 39.0 Å². The Morgan fingerprint density at radius 3 is 1.46 bits per heavy atom. The molecular formula is C59H94O12. The zero-order chi connectivity index (χ0) is 51.8. The highest BCUT2D eigenvalue weighted by atomic mass is 16.7. The van der Waals surface area contributed by atoms with Gasteiger partial charge in [0.2, 0.25) is 0 Å². The molecule has 12 nitrogen and oxygen atoms in total. The first kappa shape index (κ1) is 64.7. The van der Waals surface area contributed by atoms with Crippen LogP contribution in [-0.4, -0.2) is 89.2 Å². The van der Waals surface area contributed by atoms with Crippen molar-refractivity contribution < 1.29 is 58.2 Å². The van der Waals surface area contributed by atoms with E-state index in [1.54, 1.807) is 0 Å². The predicted octanol–water partition coefficient (Wildman–Crippen LogP) is 13.3. The largest absolute Gasteiger partial charge is 0.479 e. The van der Waals surface area contributed by atoms with E-state index in [9.17, 15) is 34.5 Å². The van der Waals surface area contributed by atoms with Crippen LogP contribution in [0.1, 0.15) is 201 Å². The summed E-state index contributed by atoms with van der Waals surface area (Å²) in [7, 11) is 0. The topological polar surface area (TPSA) is 175 Å². The summed E-state index contributed by atoms with van der Waals surface area (Å²) >= 11 is 0. The van der Waals surface area contributed by atoms with Crippen LogP contribution in [0.4, 0.5) is 0 Å². The summed E-state index contributed by atoms with van der Waals surface area (Å²) in [5.74, 6) is -3.26. The maximum absolute atomic E-state index is 13.1. The lowest BCUT2D eigenvalue weighted by molar-refractivity contribution is -0.301. The zero-order valence-electron chi connectivity index (χ0n) is 43.9. The minimum Gasteiger partial charge on any atom is -0.479 e. The predicted molar refractivity (Wildman–Crippen MR) is 284 cm³/mol. The zero-order valence-corrected chi connectivity index (χ0v) is 43.9. The molecule has 1 aliphatic heterocycles. The molecule has 6 unspecified atom stereocenters. The number of ether oxygens (including phenoxy) is 5. The van der Waals surface area contributed by atoms with E-state index in [4.69, 9.17) is 23.7 Å². The van der Waals surface area contributed by atoms with Gasteiger partial charge in [0.05, 0.1) is 6.61 Å². The Morgan fingerprint density at radius 1 is 0.479 bits per heavy atom. The number of carbonyl (C=O) groups is 4. The van der Waals surface area contributed by atoms with Crippen molar-refractivity contribution in [2.75, 3.05) is 13.2 Å². The van der Waals surface area contributed by atoms with Crippen LogP contribution < -0.4 is 0 Å². The van der Waals surface area contributed by atoms with Crippen LogP contribution in [0.3, 0.4) is 0 Å². The number of allylic oxidation sites excluding steroid dienone is 16. The molecule has 1 fully saturated rings. The van der Waals surface area contributed by atoms with Gasteiger partial charge in [-0.05, 0) is 83.5 Å². The Labute approximate surface area is 428 Å². The molecule has 0 aromatic heterocycles. The summed E-state index contributed by atoms with van der Waals surface area (Å²) < 4.78 is 28.2. The standard InChI is InChI=1S/C59H94O12/c1-4-7-10-13-16-19-21-23-24-25-26-27-28-30-31-34-36-39-42-45-51(60)67-48-50(69-52(61)46-43-40-38-35-32-29-22-20-17-14-11-8-5-2)49-68-59-57(55(64)54(63)56(71-59)58(65)66)70-53(62)47-44-41-37-33-18-15-12-9-6-3/h7,10-11,14,16,19-20,22-24,26-27,30-31,36,39,50,54-57,59,63-64H,4-6,8-9,12-13,15,17-18,21,25,28-29,32-35,37-38,40-49H2,1-3H3,(H,65,66)/b10-7-,14-11-,19-16-,22-20-,24-23-,27-26-,31-30-,39-36-. The Balaban J connectivity index is 2.76. The molecule has 0 amide bonds. The highest BCUT2D eigenvalue weighted by Gasteiger charge is 2.50. The molecule has 402 valence electrons. The van der Waals surface area contributed by atoms with Crippen molar-refractivity contribution in [3.05, 3.63) is 97.2 Å². The summed E-state index contributed by atoms with van der Waals surface area (Å²) in [6, 6.07) is 0. The number of carboxylic acid groups (broad SMARTS) is 1. The van der Waals surface area contributed by atoms with Crippen LogP contribution in [0.25, 0.3) is 0 Å². The lowest BCUT2D eigenvalue weighted by atomic mass is 9.98. The average Bonchev–Trinajstić information content (AvgIpc) is 3.35. The number of aliphatic carboxylic acids is 1. The minimum absolute atomic E-state index is 0.0487. The van der Waals surface area contributed by atoms with E-state index < -0.39 is 67.3 Å². The van der Waals surface area contributed by atoms with E-state index in [2.05, 4.69) is 106 Å². The van der Waals surface area contributed by atoms with Crippen molar-refractivity contribution in [2.24, 2.45) is 0 Å². The molecule has 0 spiro atoms. The van der Waals surface area contributed by atoms with Gasteiger partial charge in [-0.1, -0.05) is 195 Å². The van der Waals surface area contributed by atoms with Crippen LogP contribution in [0.5, 0.6) is 0 Å². The Bertz CT molecular complexity index is 1610. The summed E-state index contributed by atoms with van der Waals surface area (Å²) in [5.41, 5.74) is 0. The fraction of sp³-hybridized carbons (Fsp3) is 0.661. The van der Waals surface area contributed by atoms with Crippen molar-refractivity contribution >= 4 is 23.9 Å². The molecule has 0 saturated carbocycles. The van der Waals surface area contributed by atoms with Crippen molar-refractivity contribution in [1.29, 1.82) is 0 Å². The van der Waals surface area contributed by atoms with Crippen LogP contribution in [-0.2, 0) is 42.9 Å². The highest BCUT2D eigenvalue weighted by Crippen LogP contribution is 2.26. The quantitative estimate of drug-likeness (QED) is 0.0228. The number of unbranched alkanes of at least 4 members (excludes halogenated alkanes) is 14. The van der Waals surface area contributed by atoms with Crippen LogP contribution in [0, 0.1) is 0 Å². The number of rotatable bonds is 44. The number of aliphatic hydroxyl groups excluding tert-OH is 2. The number of hydrogen-bond acceptors (Lipinski definition) is 11. The van der Waals surface area contributed by atoms with Gasteiger partial charge in [0.25, 0.3) is 0 Å². The number of carbonyl (C=O) groups excluding carboxylic acids is 3. The van der Waals surface area contributed by atoms with E-state index >= 15 is 0 Å². The summed E-state index contributed by atoms with van der Waals surface area (Å²) in [6.07, 6.45) is 48.5. The maximum Gasteiger partial charge on any atom is 0.335 e. The third-order valence-corrected chi connectivity index (χ3v) is 11.6. The lowest BCUT2D eigenvalue weighted by Crippen LogP contribution is -2.61. The molecular weight excluding hydrogens is 901 g/mol. The van der Waals surface area contributed by atoms with Crippen molar-refractivity contribution in [1.82, 2.24) is 0 Å². The number of esters is 3. The van der Waals surface area contributed by atoms with Crippen LogP contribution in [0.15, 0.2) is 97.2 Å². The van der Waals surface area contributed by atoms with Crippen molar-refractivity contribution in [3.63, 3.8) is 0 Å². The molecule has 1 saturated heterocycles. The minimum atomic E-state index is -1.91. The molecule has 1 rings (SSSR count). The molecule has 0 aromatic carbocycles. The Kier molecular flexibility index (Phi) is 42.5. The smallest absolute Gasteiger partial charge is 0.335 e. The molecule has 1 heterocycles. The summed E-state index contributed by atoms with van der Waals surface area (Å²) in [6.45, 7) is 5.67. The summed E-state index contributed by atoms with van der Waals surface area (Å²) in [4.78, 5) is 50.8. The van der Waals surface area contributed by atoms with E-state index in [0.717, 1.165) is 116 Å². The van der Waals surface area contributed by atoms with Gasteiger partial charge in [-0.15, -0.1) is 0 Å². The van der Waals surface area contributed by atoms with Gasteiger partial charge in [-0.25, -0.2) is 4.79 Å². The van der Waals surface area contributed by atoms with Gasteiger partial charge in [0, 0.05) is 19.3 Å².